The summed E-state index contributed by atoms with van der Waals surface area (Å²) in [6, 6.07) is 7.41. The third-order valence-corrected chi connectivity index (χ3v) is 3.91. The molecule has 1 aromatic carbocycles. The molecule has 0 radical (unpaired) electrons. The van der Waals surface area contributed by atoms with Gasteiger partial charge in [0.15, 0.2) is 0 Å². The second-order valence-corrected chi connectivity index (χ2v) is 6.97. The van der Waals surface area contributed by atoms with Crippen LogP contribution in [-0.2, 0) is 10.2 Å². The number of hydrogen-bond donors (Lipinski definition) is 3. The van der Waals surface area contributed by atoms with Crippen molar-refractivity contribution in [3.05, 3.63) is 29.8 Å². The summed E-state index contributed by atoms with van der Waals surface area (Å²) >= 11 is 0. The maximum Gasteiger partial charge on any atom is 0.299 e. The number of anilines is 1. The van der Waals surface area contributed by atoms with Crippen molar-refractivity contribution in [1.82, 2.24) is 10.0 Å². The van der Waals surface area contributed by atoms with Gasteiger partial charge in [0.2, 0.25) is 0 Å². The predicted molar refractivity (Wildman–Crippen MR) is 79.3 cm³/mol. The Kier molecular flexibility index (Phi) is 4.95. The van der Waals surface area contributed by atoms with Crippen LogP contribution in [0.4, 0.5) is 5.69 Å². The second kappa shape index (κ2) is 5.90. The number of rotatable bonds is 5. The molecule has 1 atom stereocenters. The van der Waals surface area contributed by atoms with E-state index in [0.29, 0.717) is 5.69 Å². The zero-order valence-electron chi connectivity index (χ0n) is 12.1. The van der Waals surface area contributed by atoms with Crippen LogP contribution in [0.15, 0.2) is 24.3 Å². The Morgan fingerprint density at radius 3 is 2.26 bits per heavy atom. The summed E-state index contributed by atoms with van der Waals surface area (Å²) in [5, 5.41) is 3.10. The molecule has 0 bridgehead atoms. The van der Waals surface area contributed by atoms with Crippen molar-refractivity contribution in [3.8, 4) is 0 Å². The van der Waals surface area contributed by atoms with Crippen LogP contribution in [0.5, 0.6) is 0 Å². The van der Waals surface area contributed by atoms with E-state index in [0.717, 1.165) is 5.56 Å². The van der Waals surface area contributed by atoms with E-state index in [4.69, 9.17) is 0 Å². The highest BCUT2D eigenvalue weighted by atomic mass is 32.2. The summed E-state index contributed by atoms with van der Waals surface area (Å²) in [6.07, 6.45) is 0. The minimum absolute atomic E-state index is 0.0635. The summed E-state index contributed by atoms with van der Waals surface area (Å²) in [5.74, 6) is 0. The zero-order valence-corrected chi connectivity index (χ0v) is 12.9. The molecule has 0 saturated carbocycles. The number of nitrogens with one attached hydrogen (secondary N) is 3. The quantitative estimate of drug-likeness (QED) is 0.775. The minimum atomic E-state index is -3.58. The lowest BCUT2D eigenvalue weighted by atomic mass is 10.1. The Morgan fingerprint density at radius 2 is 1.74 bits per heavy atom. The van der Waals surface area contributed by atoms with E-state index in [1.165, 1.54) is 0 Å². The molecular weight excluding hydrogens is 262 g/mol. The number of para-hydroxylation sites is 1. The molecule has 0 spiro atoms. The van der Waals surface area contributed by atoms with Crippen molar-refractivity contribution in [2.75, 3.05) is 11.8 Å². The molecule has 0 aliphatic rings. The van der Waals surface area contributed by atoms with Gasteiger partial charge >= 0.3 is 0 Å². The molecule has 19 heavy (non-hydrogen) atoms. The highest BCUT2D eigenvalue weighted by molar-refractivity contribution is 7.90. The lowest BCUT2D eigenvalue weighted by Gasteiger charge is -2.22. The first-order chi connectivity index (χ1) is 8.64. The molecule has 1 aromatic rings. The van der Waals surface area contributed by atoms with Gasteiger partial charge in [-0.05, 0) is 46.4 Å². The standard InChI is InChI=1S/C13H23N3O2S/c1-10(14-5)11-8-6-7-9-12(11)15-19(17,18)16-13(2,3)4/h6-10,14-16H,1-5H3. The molecule has 1 unspecified atom stereocenters. The third-order valence-electron chi connectivity index (χ3n) is 2.55. The molecule has 0 amide bonds. The van der Waals surface area contributed by atoms with Crippen LogP contribution in [0.25, 0.3) is 0 Å². The fourth-order valence-electron chi connectivity index (χ4n) is 1.70. The molecule has 6 heteroatoms. The van der Waals surface area contributed by atoms with Crippen molar-refractivity contribution >= 4 is 15.9 Å². The van der Waals surface area contributed by atoms with Gasteiger partial charge in [-0.3, -0.25) is 4.72 Å². The smallest absolute Gasteiger partial charge is 0.299 e. The van der Waals surface area contributed by atoms with Crippen molar-refractivity contribution in [2.45, 2.75) is 39.3 Å². The highest BCUT2D eigenvalue weighted by Crippen LogP contribution is 2.23. The van der Waals surface area contributed by atoms with Gasteiger partial charge < -0.3 is 5.32 Å². The van der Waals surface area contributed by atoms with E-state index >= 15 is 0 Å². The summed E-state index contributed by atoms with van der Waals surface area (Å²) in [6.45, 7) is 7.38. The molecule has 0 fully saturated rings. The first-order valence-electron chi connectivity index (χ1n) is 6.22. The molecule has 0 aromatic heterocycles. The van der Waals surface area contributed by atoms with Crippen LogP contribution in [0, 0.1) is 0 Å². The van der Waals surface area contributed by atoms with Crippen LogP contribution in [-0.4, -0.2) is 21.0 Å². The van der Waals surface area contributed by atoms with E-state index in [-0.39, 0.29) is 6.04 Å². The minimum Gasteiger partial charge on any atom is -0.313 e. The molecule has 5 nitrogen and oxygen atoms in total. The first kappa shape index (κ1) is 15.9. The van der Waals surface area contributed by atoms with Gasteiger partial charge in [0.25, 0.3) is 10.2 Å². The molecule has 0 aliphatic heterocycles. The molecular formula is C13H23N3O2S. The molecule has 0 aliphatic carbocycles. The van der Waals surface area contributed by atoms with E-state index < -0.39 is 15.7 Å². The van der Waals surface area contributed by atoms with Crippen LogP contribution >= 0.6 is 0 Å². The molecule has 1 rings (SSSR count). The zero-order chi connectivity index (χ0) is 14.7. The van der Waals surface area contributed by atoms with Crippen molar-refractivity contribution in [1.29, 1.82) is 0 Å². The molecule has 0 saturated heterocycles. The van der Waals surface area contributed by atoms with Crippen molar-refractivity contribution in [2.24, 2.45) is 0 Å². The van der Waals surface area contributed by atoms with Crippen LogP contribution in [0.3, 0.4) is 0 Å². The second-order valence-electron chi connectivity index (χ2n) is 5.56. The van der Waals surface area contributed by atoms with Crippen LogP contribution < -0.4 is 14.8 Å². The normalized spacial score (nSPS) is 14.2. The Bertz CT molecular complexity index is 521. The fraction of sp³-hybridized carbons (Fsp3) is 0.538. The number of hydrogen-bond acceptors (Lipinski definition) is 3. The third kappa shape index (κ3) is 5.18. The van der Waals surface area contributed by atoms with E-state index in [1.54, 1.807) is 32.9 Å². The average molecular weight is 285 g/mol. The molecule has 108 valence electrons. The van der Waals surface area contributed by atoms with E-state index in [9.17, 15) is 8.42 Å². The fourth-order valence-corrected chi connectivity index (χ4v) is 3.03. The monoisotopic (exact) mass is 285 g/mol. The van der Waals surface area contributed by atoms with E-state index in [1.807, 2.05) is 26.1 Å². The summed E-state index contributed by atoms with van der Waals surface area (Å²) in [7, 11) is -1.75. The maximum absolute atomic E-state index is 12.0. The summed E-state index contributed by atoms with van der Waals surface area (Å²) in [5.41, 5.74) is 0.973. The van der Waals surface area contributed by atoms with Crippen LogP contribution in [0.2, 0.25) is 0 Å². The Morgan fingerprint density at radius 1 is 1.16 bits per heavy atom. The maximum atomic E-state index is 12.0. The lowest BCUT2D eigenvalue weighted by molar-refractivity contribution is 0.494. The Balaban J connectivity index is 3.00. The first-order valence-corrected chi connectivity index (χ1v) is 7.71. The number of benzene rings is 1. The van der Waals surface area contributed by atoms with Crippen molar-refractivity contribution < 1.29 is 8.42 Å². The summed E-state index contributed by atoms with van der Waals surface area (Å²) < 4.78 is 29.2. The van der Waals surface area contributed by atoms with Gasteiger partial charge in [-0.1, -0.05) is 18.2 Å². The predicted octanol–water partition coefficient (Wildman–Crippen LogP) is 2.01. The molecule has 3 N–H and O–H groups in total. The van der Waals surface area contributed by atoms with Crippen LogP contribution in [0.1, 0.15) is 39.3 Å². The summed E-state index contributed by atoms with van der Waals surface area (Å²) in [4.78, 5) is 0. The van der Waals surface area contributed by atoms with Gasteiger partial charge in [0, 0.05) is 11.6 Å². The SMILES string of the molecule is CNC(C)c1ccccc1NS(=O)(=O)NC(C)(C)C. The molecule has 0 heterocycles. The van der Waals surface area contributed by atoms with Gasteiger partial charge in [0.1, 0.15) is 0 Å². The van der Waals surface area contributed by atoms with E-state index in [2.05, 4.69) is 14.8 Å². The average Bonchev–Trinajstić information content (AvgIpc) is 2.24. The van der Waals surface area contributed by atoms with Gasteiger partial charge in [-0.15, -0.1) is 0 Å². The Hall–Kier alpha value is -1.11. The lowest BCUT2D eigenvalue weighted by Crippen LogP contribution is -2.43. The van der Waals surface area contributed by atoms with Gasteiger partial charge in [0.05, 0.1) is 5.69 Å². The van der Waals surface area contributed by atoms with Gasteiger partial charge in [-0.2, -0.15) is 13.1 Å². The van der Waals surface area contributed by atoms with Crippen molar-refractivity contribution in [3.63, 3.8) is 0 Å². The Labute approximate surface area is 116 Å². The van der Waals surface area contributed by atoms with Gasteiger partial charge in [-0.25, -0.2) is 0 Å². The largest absolute Gasteiger partial charge is 0.313 e. The topological polar surface area (TPSA) is 70.2 Å². The highest BCUT2D eigenvalue weighted by Gasteiger charge is 2.21.